The van der Waals surface area contributed by atoms with Crippen molar-refractivity contribution in [1.82, 2.24) is 4.90 Å². The van der Waals surface area contributed by atoms with Crippen molar-refractivity contribution < 1.29 is 5.11 Å². The van der Waals surface area contributed by atoms with E-state index in [9.17, 15) is 5.11 Å². The van der Waals surface area contributed by atoms with Gasteiger partial charge in [-0.15, -0.1) is 0 Å². The largest absolute Gasteiger partial charge is 0.508 e. The molecule has 0 unspecified atom stereocenters. The van der Waals surface area contributed by atoms with E-state index in [1.807, 2.05) is 12.1 Å². The third kappa shape index (κ3) is 2.47. The van der Waals surface area contributed by atoms with Crippen molar-refractivity contribution in [3.63, 3.8) is 0 Å². The molecule has 1 aliphatic heterocycles. The van der Waals surface area contributed by atoms with E-state index in [2.05, 4.69) is 11.0 Å². The van der Waals surface area contributed by atoms with E-state index < -0.39 is 0 Å². The smallest absolute Gasteiger partial charge is 0.115 e. The van der Waals surface area contributed by atoms with Gasteiger partial charge in [0, 0.05) is 19.6 Å². The Morgan fingerprint density at radius 3 is 2.59 bits per heavy atom. The molecule has 3 rings (SSSR count). The molecule has 2 nitrogen and oxygen atoms in total. The molecule has 1 N–H and O–H groups in total. The van der Waals surface area contributed by atoms with Crippen LogP contribution in [0.2, 0.25) is 0 Å². The van der Waals surface area contributed by atoms with E-state index in [-0.39, 0.29) is 0 Å². The monoisotopic (exact) mass is 231 g/mol. The molecule has 17 heavy (non-hydrogen) atoms. The molecular formula is C15H21NO. The van der Waals surface area contributed by atoms with Crippen LogP contribution in [0, 0.1) is 5.92 Å². The maximum absolute atomic E-state index is 9.52. The van der Waals surface area contributed by atoms with E-state index in [1.165, 1.54) is 43.5 Å². The molecule has 0 saturated heterocycles. The third-order valence-electron chi connectivity index (χ3n) is 4.33. The number of hydrogen-bond donors (Lipinski definition) is 1. The molecule has 1 heterocycles. The summed E-state index contributed by atoms with van der Waals surface area (Å²) in [6.07, 6.45) is 6.54. The van der Waals surface area contributed by atoms with Crippen molar-refractivity contribution in [3.8, 4) is 5.75 Å². The second kappa shape index (κ2) is 4.69. The van der Waals surface area contributed by atoms with Crippen molar-refractivity contribution in [2.24, 2.45) is 5.92 Å². The first-order chi connectivity index (χ1) is 8.31. The zero-order valence-corrected chi connectivity index (χ0v) is 10.4. The lowest BCUT2D eigenvalue weighted by Crippen LogP contribution is -2.34. The second-order valence-corrected chi connectivity index (χ2v) is 5.55. The van der Waals surface area contributed by atoms with Gasteiger partial charge in [0.05, 0.1) is 0 Å². The SMILES string of the molecule is Oc1ccc2c(c1)CCN(CC1CCC1)CC2. The zero-order chi connectivity index (χ0) is 11.7. The molecule has 1 aliphatic carbocycles. The number of rotatable bonds is 2. The number of phenolic OH excluding ortho intramolecular Hbond substituents is 1. The van der Waals surface area contributed by atoms with E-state index in [1.54, 1.807) is 0 Å². The fourth-order valence-corrected chi connectivity index (χ4v) is 2.98. The topological polar surface area (TPSA) is 23.5 Å². The molecule has 0 spiro atoms. The van der Waals surface area contributed by atoms with Crippen LogP contribution >= 0.6 is 0 Å². The van der Waals surface area contributed by atoms with Gasteiger partial charge >= 0.3 is 0 Å². The van der Waals surface area contributed by atoms with Gasteiger partial charge in [-0.1, -0.05) is 12.5 Å². The highest BCUT2D eigenvalue weighted by Gasteiger charge is 2.22. The van der Waals surface area contributed by atoms with Gasteiger partial charge < -0.3 is 10.0 Å². The molecule has 1 fully saturated rings. The van der Waals surface area contributed by atoms with Crippen molar-refractivity contribution in [2.45, 2.75) is 32.1 Å². The highest BCUT2D eigenvalue weighted by atomic mass is 16.3. The van der Waals surface area contributed by atoms with E-state index >= 15 is 0 Å². The minimum absolute atomic E-state index is 0.413. The van der Waals surface area contributed by atoms with Crippen LogP contribution < -0.4 is 0 Å². The summed E-state index contributed by atoms with van der Waals surface area (Å²) >= 11 is 0. The third-order valence-corrected chi connectivity index (χ3v) is 4.33. The Labute approximate surface area is 103 Å². The summed E-state index contributed by atoms with van der Waals surface area (Å²) in [5.74, 6) is 1.38. The minimum atomic E-state index is 0.413. The molecule has 2 heteroatoms. The van der Waals surface area contributed by atoms with Crippen LogP contribution in [-0.4, -0.2) is 29.6 Å². The Balaban J connectivity index is 1.65. The van der Waals surface area contributed by atoms with Crippen molar-refractivity contribution in [3.05, 3.63) is 29.3 Å². The van der Waals surface area contributed by atoms with Crippen LogP contribution in [-0.2, 0) is 12.8 Å². The number of aromatic hydroxyl groups is 1. The van der Waals surface area contributed by atoms with Crippen LogP contribution in [0.25, 0.3) is 0 Å². The first-order valence-corrected chi connectivity index (χ1v) is 6.84. The Morgan fingerprint density at radius 1 is 1.12 bits per heavy atom. The van der Waals surface area contributed by atoms with Crippen LogP contribution in [0.15, 0.2) is 18.2 Å². The molecule has 2 aliphatic rings. The normalized spacial score (nSPS) is 21.6. The lowest BCUT2D eigenvalue weighted by Gasteiger charge is -2.31. The summed E-state index contributed by atoms with van der Waals surface area (Å²) < 4.78 is 0. The molecule has 0 aromatic heterocycles. The molecular weight excluding hydrogens is 210 g/mol. The molecule has 0 amide bonds. The first-order valence-electron chi connectivity index (χ1n) is 6.84. The minimum Gasteiger partial charge on any atom is -0.508 e. The first kappa shape index (κ1) is 11.1. The van der Waals surface area contributed by atoms with Gasteiger partial charge in [0.1, 0.15) is 5.75 Å². The molecule has 1 aromatic rings. The van der Waals surface area contributed by atoms with Gasteiger partial charge in [-0.2, -0.15) is 0 Å². The maximum atomic E-state index is 9.52. The van der Waals surface area contributed by atoms with Gasteiger partial charge in [-0.3, -0.25) is 0 Å². The summed E-state index contributed by atoms with van der Waals surface area (Å²) in [7, 11) is 0. The number of nitrogens with zero attached hydrogens (tertiary/aromatic N) is 1. The summed E-state index contributed by atoms with van der Waals surface area (Å²) in [6.45, 7) is 3.64. The van der Waals surface area contributed by atoms with Gasteiger partial charge in [0.2, 0.25) is 0 Å². The van der Waals surface area contributed by atoms with Gasteiger partial charge in [-0.25, -0.2) is 0 Å². The average molecular weight is 231 g/mol. The van der Waals surface area contributed by atoms with Crippen molar-refractivity contribution in [1.29, 1.82) is 0 Å². The van der Waals surface area contributed by atoms with Gasteiger partial charge in [-0.05, 0) is 54.9 Å². The van der Waals surface area contributed by atoms with E-state index in [0.29, 0.717) is 5.75 Å². The number of phenols is 1. The Kier molecular flexibility index (Phi) is 3.06. The lowest BCUT2D eigenvalue weighted by atomic mass is 9.85. The summed E-state index contributed by atoms with van der Waals surface area (Å²) in [6, 6.07) is 5.86. The molecule has 1 saturated carbocycles. The van der Waals surface area contributed by atoms with E-state index in [0.717, 1.165) is 25.3 Å². The Bertz CT molecular complexity index is 398. The van der Waals surface area contributed by atoms with E-state index in [4.69, 9.17) is 0 Å². The van der Waals surface area contributed by atoms with Crippen LogP contribution in [0.4, 0.5) is 0 Å². The summed E-state index contributed by atoms with van der Waals surface area (Å²) in [4.78, 5) is 2.61. The highest BCUT2D eigenvalue weighted by molar-refractivity contribution is 5.36. The lowest BCUT2D eigenvalue weighted by molar-refractivity contribution is 0.183. The molecule has 1 aromatic carbocycles. The number of benzene rings is 1. The number of fused-ring (bicyclic) bond motifs is 1. The van der Waals surface area contributed by atoms with Crippen LogP contribution in [0.1, 0.15) is 30.4 Å². The maximum Gasteiger partial charge on any atom is 0.115 e. The Morgan fingerprint density at radius 2 is 1.88 bits per heavy atom. The molecule has 0 atom stereocenters. The van der Waals surface area contributed by atoms with Crippen molar-refractivity contribution >= 4 is 0 Å². The second-order valence-electron chi connectivity index (χ2n) is 5.55. The van der Waals surface area contributed by atoms with Crippen LogP contribution in [0.5, 0.6) is 5.75 Å². The van der Waals surface area contributed by atoms with Crippen LogP contribution in [0.3, 0.4) is 0 Å². The van der Waals surface area contributed by atoms with Gasteiger partial charge in [0.25, 0.3) is 0 Å². The van der Waals surface area contributed by atoms with Gasteiger partial charge in [0.15, 0.2) is 0 Å². The zero-order valence-electron chi connectivity index (χ0n) is 10.4. The molecule has 0 radical (unpaired) electrons. The fraction of sp³-hybridized carbons (Fsp3) is 0.600. The highest BCUT2D eigenvalue weighted by Crippen LogP contribution is 2.28. The van der Waals surface area contributed by atoms with Crippen molar-refractivity contribution in [2.75, 3.05) is 19.6 Å². The average Bonchev–Trinajstić information content (AvgIpc) is 2.46. The predicted molar refractivity (Wildman–Crippen MR) is 69.3 cm³/mol. The molecule has 0 bridgehead atoms. The molecule has 92 valence electrons. The summed E-state index contributed by atoms with van der Waals surface area (Å²) in [5.41, 5.74) is 2.78. The standard InChI is InChI=1S/C15H21NO/c17-15-5-4-13-6-8-16(9-7-14(13)10-15)11-12-2-1-3-12/h4-5,10,12,17H,1-3,6-9,11H2. The Hall–Kier alpha value is -1.02. The fourth-order valence-electron chi connectivity index (χ4n) is 2.98. The number of hydrogen-bond acceptors (Lipinski definition) is 2. The quantitative estimate of drug-likeness (QED) is 0.845. The summed E-state index contributed by atoms with van der Waals surface area (Å²) in [5, 5.41) is 9.52. The predicted octanol–water partition coefficient (Wildman–Crippen LogP) is 2.59.